The summed E-state index contributed by atoms with van der Waals surface area (Å²) < 4.78 is 1.62. The van der Waals surface area contributed by atoms with Crippen molar-refractivity contribution in [3.8, 4) is 0 Å². The van der Waals surface area contributed by atoms with Gasteiger partial charge in [0.15, 0.2) is 0 Å². The standard InChI is InChI=1S/C13H16N4O/c1-9-4-5-10(11(8-9)14-2)13(18)16-12-6-7-15-17(12)3/h4-8,14H,1-3H3,(H,16,18). The van der Waals surface area contributed by atoms with Crippen LogP contribution in [0, 0.1) is 6.92 Å². The molecule has 0 saturated carbocycles. The van der Waals surface area contributed by atoms with Crippen molar-refractivity contribution in [2.45, 2.75) is 6.92 Å². The number of hydrogen-bond acceptors (Lipinski definition) is 3. The maximum absolute atomic E-state index is 12.2. The van der Waals surface area contributed by atoms with Crippen LogP contribution in [0.2, 0.25) is 0 Å². The largest absolute Gasteiger partial charge is 0.387 e. The third-order valence-corrected chi connectivity index (χ3v) is 2.75. The van der Waals surface area contributed by atoms with E-state index in [1.165, 1.54) is 0 Å². The number of hydrogen-bond donors (Lipinski definition) is 2. The first-order valence-electron chi connectivity index (χ1n) is 5.69. The Hall–Kier alpha value is -2.30. The average molecular weight is 244 g/mol. The zero-order chi connectivity index (χ0) is 13.1. The maximum Gasteiger partial charge on any atom is 0.258 e. The van der Waals surface area contributed by atoms with Gasteiger partial charge in [-0.1, -0.05) is 6.07 Å². The first kappa shape index (κ1) is 12.2. The van der Waals surface area contributed by atoms with Crippen LogP contribution in [0.4, 0.5) is 11.5 Å². The molecule has 0 spiro atoms. The number of carbonyl (C=O) groups excluding carboxylic acids is 1. The predicted octanol–water partition coefficient (Wildman–Crippen LogP) is 2.02. The molecule has 1 aromatic carbocycles. The van der Waals surface area contributed by atoms with E-state index in [9.17, 15) is 4.79 Å². The first-order valence-corrected chi connectivity index (χ1v) is 5.69. The predicted molar refractivity (Wildman–Crippen MR) is 71.9 cm³/mol. The Morgan fingerprint density at radius 2 is 2.11 bits per heavy atom. The van der Waals surface area contributed by atoms with E-state index in [2.05, 4.69) is 15.7 Å². The molecule has 0 saturated heterocycles. The lowest BCUT2D eigenvalue weighted by molar-refractivity contribution is 0.102. The summed E-state index contributed by atoms with van der Waals surface area (Å²) in [7, 11) is 3.58. The SMILES string of the molecule is CNc1cc(C)ccc1C(=O)Nc1ccnn1C. The Bertz CT molecular complexity index is 574. The molecule has 0 atom stereocenters. The van der Waals surface area contributed by atoms with E-state index in [4.69, 9.17) is 0 Å². The van der Waals surface area contributed by atoms with Gasteiger partial charge >= 0.3 is 0 Å². The van der Waals surface area contributed by atoms with Crippen molar-refractivity contribution in [2.75, 3.05) is 17.7 Å². The fourth-order valence-corrected chi connectivity index (χ4v) is 1.74. The second-order valence-electron chi connectivity index (χ2n) is 4.09. The van der Waals surface area contributed by atoms with Crippen molar-refractivity contribution in [3.05, 3.63) is 41.6 Å². The molecule has 1 amide bonds. The first-order chi connectivity index (χ1) is 8.61. The van der Waals surface area contributed by atoms with Gasteiger partial charge in [0.2, 0.25) is 0 Å². The molecule has 18 heavy (non-hydrogen) atoms. The highest BCUT2D eigenvalue weighted by Crippen LogP contribution is 2.18. The van der Waals surface area contributed by atoms with E-state index in [1.54, 1.807) is 31.0 Å². The molecular formula is C13H16N4O. The van der Waals surface area contributed by atoms with Gasteiger partial charge in [0.25, 0.3) is 5.91 Å². The Kier molecular flexibility index (Phi) is 3.32. The van der Waals surface area contributed by atoms with Crippen molar-refractivity contribution in [1.29, 1.82) is 0 Å². The summed E-state index contributed by atoms with van der Waals surface area (Å²) >= 11 is 0. The molecule has 94 valence electrons. The molecule has 5 nitrogen and oxygen atoms in total. The molecule has 1 heterocycles. The van der Waals surface area contributed by atoms with Crippen molar-refractivity contribution in [2.24, 2.45) is 7.05 Å². The maximum atomic E-state index is 12.2. The molecule has 5 heteroatoms. The zero-order valence-corrected chi connectivity index (χ0v) is 10.7. The second-order valence-corrected chi connectivity index (χ2v) is 4.09. The normalized spacial score (nSPS) is 10.2. The number of aryl methyl sites for hydroxylation is 2. The topological polar surface area (TPSA) is 59.0 Å². The van der Waals surface area contributed by atoms with E-state index < -0.39 is 0 Å². The minimum atomic E-state index is -0.150. The minimum Gasteiger partial charge on any atom is -0.387 e. The summed E-state index contributed by atoms with van der Waals surface area (Å²) in [6, 6.07) is 7.43. The van der Waals surface area contributed by atoms with E-state index in [-0.39, 0.29) is 5.91 Å². The second kappa shape index (κ2) is 4.91. The monoisotopic (exact) mass is 244 g/mol. The van der Waals surface area contributed by atoms with Crippen molar-refractivity contribution < 1.29 is 4.79 Å². The number of aromatic nitrogens is 2. The van der Waals surface area contributed by atoms with E-state index >= 15 is 0 Å². The smallest absolute Gasteiger partial charge is 0.258 e. The van der Waals surface area contributed by atoms with Crippen molar-refractivity contribution in [3.63, 3.8) is 0 Å². The summed E-state index contributed by atoms with van der Waals surface area (Å²) in [6.45, 7) is 1.99. The number of rotatable bonds is 3. The van der Waals surface area contributed by atoms with Crippen LogP contribution in [0.25, 0.3) is 0 Å². The molecule has 0 radical (unpaired) electrons. The minimum absolute atomic E-state index is 0.150. The van der Waals surface area contributed by atoms with Gasteiger partial charge in [0, 0.05) is 25.8 Å². The molecule has 0 aliphatic rings. The summed E-state index contributed by atoms with van der Waals surface area (Å²) in [4.78, 5) is 12.2. The van der Waals surface area contributed by atoms with Crippen LogP contribution in [0.3, 0.4) is 0 Å². The average Bonchev–Trinajstić information content (AvgIpc) is 2.74. The quantitative estimate of drug-likeness (QED) is 0.868. The van der Waals surface area contributed by atoms with Crippen LogP contribution >= 0.6 is 0 Å². The molecule has 2 aromatic rings. The molecule has 0 aliphatic carbocycles. The Morgan fingerprint density at radius 3 is 2.72 bits per heavy atom. The highest BCUT2D eigenvalue weighted by atomic mass is 16.1. The summed E-state index contributed by atoms with van der Waals surface area (Å²) in [5.74, 6) is 0.519. The fraction of sp³-hybridized carbons (Fsp3) is 0.231. The molecule has 2 rings (SSSR count). The van der Waals surface area contributed by atoms with Gasteiger partial charge in [0.05, 0.1) is 11.8 Å². The van der Waals surface area contributed by atoms with Crippen molar-refractivity contribution in [1.82, 2.24) is 9.78 Å². The Balaban J connectivity index is 2.26. The number of nitrogens with one attached hydrogen (secondary N) is 2. The van der Waals surface area contributed by atoms with Crippen LogP contribution in [0.15, 0.2) is 30.5 Å². The molecule has 0 bridgehead atoms. The number of carbonyl (C=O) groups is 1. The van der Waals surface area contributed by atoms with Crippen LogP contribution in [0.5, 0.6) is 0 Å². The lowest BCUT2D eigenvalue weighted by atomic mass is 10.1. The van der Waals surface area contributed by atoms with Crippen LogP contribution in [0.1, 0.15) is 15.9 Å². The van der Waals surface area contributed by atoms with Gasteiger partial charge in [-0.2, -0.15) is 5.10 Å². The molecule has 2 N–H and O–H groups in total. The Morgan fingerprint density at radius 1 is 1.33 bits per heavy atom. The number of anilines is 2. The molecular weight excluding hydrogens is 228 g/mol. The van der Waals surface area contributed by atoms with Gasteiger partial charge in [-0.25, -0.2) is 0 Å². The van der Waals surface area contributed by atoms with E-state index in [0.717, 1.165) is 11.3 Å². The van der Waals surface area contributed by atoms with Gasteiger partial charge in [0.1, 0.15) is 5.82 Å². The molecule has 0 aliphatic heterocycles. The summed E-state index contributed by atoms with van der Waals surface area (Å²) in [5.41, 5.74) is 2.54. The van der Waals surface area contributed by atoms with Gasteiger partial charge in [-0.15, -0.1) is 0 Å². The number of amides is 1. The summed E-state index contributed by atoms with van der Waals surface area (Å²) in [5, 5.41) is 9.86. The fourth-order valence-electron chi connectivity index (χ4n) is 1.74. The highest BCUT2D eigenvalue weighted by Gasteiger charge is 2.12. The third-order valence-electron chi connectivity index (χ3n) is 2.75. The Labute approximate surface area is 106 Å². The van der Waals surface area contributed by atoms with Crippen LogP contribution in [-0.4, -0.2) is 22.7 Å². The van der Waals surface area contributed by atoms with Crippen molar-refractivity contribution >= 4 is 17.4 Å². The van der Waals surface area contributed by atoms with Crippen LogP contribution in [-0.2, 0) is 7.05 Å². The van der Waals surface area contributed by atoms with Gasteiger partial charge in [-0.05, 0) is 24.6 Å². The molecule has 0 unspecified atom stereocenters. The molecule has 1 aromatic heterocycles. The van der Waals surface area contributed by atoms with Gasteiger partial charge < -0.3 is 10.6 Å². The van der Waals surface area contributed by atoms with Gasteiger partial charge in [-0.3, -0.25) is 9.48 Å². The third kappa shape index (κ3) is 2.34. The van der Waals surface area contributed by atoms with E-state index in [1.807, 2.05) is 25.1 Å². The summed E-state index contributed by atoms with van der Waals surface area (Å²) in [6.07, 6.45) is 1.64. The lowest BCUT2D eigenvalue weighted by Crippen LogP contribution is -2.16. The zero-order valence-electron chi connectivity index (χ0n) is 10.7. The molecule has 0 fully saturated rings. The van der Waals surface area contributed by atoms with Crippen LogP contribution < -0.4 is 10.6 Å². The number of benzene rings is 1. The number of nitrogens with zero attached hydrogens (tertiary/aromatic N) is 2. The highest BCUT2D eigenvalue weighted by molar-refractivity contribution is 6.07. The lowest BCUT2D eigenvalue weighted by Gasteiger charge is -2.10. The van der Waals surface area contributed by atoms with E-state index in [0.29, 0.717) is 11.4 Å².